The van der Waals surface area contributed by atoms with Gasteiger partial charge in [0.05, 0.1) is 17.4 Å². The van der Waals surface area contributed by atoms with Crippen molar-refractivity contribution < 1.29 is 5.11 Å². The third-order valence-electron chi connectivity index (χ3n) is 2.18. The molecule has 0 saturated carbocycles. The number of thiol groups is 1. The van der Waals surface area contributed by atoms with Gasteiger partial charge in [-0.3, -0.25) is 4.98 Å². The number of hydrogen-bond acceptors (Lipinski definition) is 5. The molecule has 4 nitrogen and oxygen atoms in total. The lowest BCUT2D eigenvalue weighted by Gasteiger charge is -2.07. The van der Waals surface area contributed by atoms with E-state index in [-0.39, 0.29) is 11.1 Å². The van der Waals surface area contributed by atoms with E-state index in [1.54, 1.807) is 18.3 Å². The third kappa shape index (κ3) is 2.43. The van der Waals surface area contributed by atoms with Crippen LogP contribution in [0.1, 0.15) is 12.6 Å². The second-order valence-electron chi connectivity index (χ2n) is 3.56. The number of phenolic OH excluding ortho intramolecular Hbond substituents is 1. The van der Waals surface area contributed by atoms with Gasteiger partial charge in [0.25, 0.3) is 0 Å². The van der Waals surface area contributed by atoms with Crippen molar-refractivity contribution in [1.82, 2.24) is 15.3 Å². The van der Waals surface area contributed by atoms with Gasteiger partial charge in [0.15, 0.2) is 0 Å². The summed E-state index contributed by atoms with van der Waals surface area (Å²) in [5.74, 6) is 0.158. The van der Waals surface area contributed by atoms with Crippen molar-refractivity contribution in [3.63, 3.8) is 0 Å². The van der Waals surface area contributed by atoms with Gasteiger partial charge in [0.1, 0.15) is 11.3 Å². The number of aromatic hydroxyl groups is 1. The highest BCUT2D eigenvalue weighted by Crippen LogP contribution is 2.20. The molecular weight excluding hydrogens is 222 g/mol. The van der Waals surface area contributed by atoms with Gasteiger partial charge in [-0.15, -0.1) is 0 Å². The highest BCUT2D eigenvalue weighted by Gasteiger charge is 2.04. The number of rotatable bonds is 3. The summed E-state index contributed by atoms with van der Waals surface area (Å²) in [7, 11) is 0. The molecular formula is C11H13N3OS. The topological polar surface area (TPSA) is 58.0 Å². The zero-order valence-corrected chi connectivity index (χ0v) is 9.78. The summed E-state index contributed by atoms with van der Waals surface area (Å²) < 4.78 is 0. The summed E-state index contributed by atoms with van der Waals surface area (Å²) in [6.07, 6.45) is 1.70. The van der Waals surface area contributed by atoms with Crippen molar-refractivity contribution in [1.29, 1.82) is 0 Å². The van der Waals surface area contributed by atoms with Crippen molar-refractivity contribution >= 4 is 23.7 Å². The average molecular weight is 235 g/mol. The first-order valence-electron chi connectivity index (χ1n) is 5.02. The van der Waals surface area contributed by atoms with Crippen molar-refractivity contribution in [2.24, 2.45) is 0 Å². The van der Waals surface area contributed by atoms with Gasteiger partial charge in [-0.05, 0) is 19.1 Å². The Hall–Kier alpha value is -1.33. The Balaban J connectivity index is 2.32. The average Bonchev–Trinajstić information content (AvgIpc) is 2.27. The van der Waals surface area contributed by atoms with Gasteiger partial charge >= 0.3 is 0 Å². The largest absolute Gasteiger partial charge is 0.506 e. The van der Waals surface area contributed by atoms with Crippen LogP contribution in [-0.2, 0) is 6.54 Å². The summed E-state index contributed by atoms with van der Waals surface area (Å²) in [6.45, 7) is 2.52. The predicted octanol–water partition coefficient (Wildman–Crippen LogP) is 1.70. The molecule has 2 N–H and O–H groups in total. The number of fused-ring (bicyclic) bond motifs is 1. The Morgan fingerprint density at radius 2 is 2.31 bits per heavy atom. The first-order chi connectivity index (χ1) is 7.66. The van der Waals surface area contributed by atoms with E-state index in [0.29, 0.717) is 17.6 Å². The van der Waals surface area contributed by atoms with Gasteiger partial charge in [-0.2, -0.15) is 12.6 Å². The van der Waals surface area contributed by atoms with Crippen molar-refractivity contribution in [3.05, 3.63) is 30.1 Å². The SMILES string of the molecule is CC(S)NCc1cnc2cccc(O)c2n1. The maximum Gasteiger partial charge on any atom is 0.143 e. The maximum absolute atomic E-state index is 9.64. The molecule has 1 unspecified atom stereocenters. The van der Waals surface area contributed by atoms with Crippen LogP contribution < -0.4 is 5.32 Å². The molecule has 1 heterocycles. The van der Waals surface area contributed by atoms with Crippen LogP contribution >= 0.6 is 12.6 Å². The summed E-state index contributed by atoms with van der Waals surface area (Å²) in [5, 5.41) is 12.9. The molecule has 16 heavy (non-hydrogen) atoms. The fraction of sp³-hybridized carbons (Fsp3) is 0.273. The van der Waals surface area contributed by atoms with Gasteiger partial charge in [-0.25, -0.2) is 4.98 Å². The first kappa shape index (κ1) is 11.2. The highest BCUT2D eigenvalue weighted by molar-refractivity contribution is 7.80. The summed E-state index contributed by atoms with van der Waals surface area (Å²) in [4.78, 5) is 8.57. The van der Waals surface area contributed by atoms with E-state index in [0.717, 1.165) is 5.69 Å². The van der Waals surface area contributed by atoms with Crippen LogP contribution in [0.4, 0.5) is 0 Å². The molecule has 0 saturated heterocycles. The highest BCUT2D eigenvalue weighted by atomic mass is 32.1. The molecule has 0 spiro atoms. The van der Waals surface area contributed by atoms with Gasteiger partial charge in [0.2, 0.25) is 0 Å². The molecule has 84 valence electrons. The Bertz CT molecular complexity index is 502. The van der Waals surface area contributed by atoms with E-state index in [9.17, 15) is 5.11 Å². The molecule has 2 rings (SSSR count). The smallest absolute Gasteiger partial charge is 0.143 e. The minimum Gasteiger partial charge on any atom is -0.506 e. The monoisotopic (exact) mass is 235 g/mol. The lowest BCUT2D eigenvalue weighted by Crippen LogP contribution is -2.20. The molecule has 1 aromatic heterocycles. The van der Waals surface area contributed by atoms with E-state index < -0.39 is 0 Å². The number of hydrogen-bond donors (Lipinski definition) is 3. The molecule has 0 aliphatic heterocycles. The first-order valence-corrected chi connectivity index (χ1v) is 5.53. The molecule has 0 radical (unpaired) electrons. The minimum atomic E-state index is 0.0990. The number of nitrogens with one attached hydrogen (secondary N) is 1. The quantitative estimate of drug-likeness (QED) is 0.560. The van der Waals surface area contributed by atoms with Gasteiger partial charge in [-0.1, -0.05) is 6.07 Å². The molecule has 0 fully saturated rings. The van der Waals surface area contributed by atoms with E-state index in [1.807, 2.05) is 13.0 Å². The molecule has 0 amide bonds. The molecule has 1 aromatic carbocycles. The lowest BCUT2D eigenvalue weighted by atomic mass is 10.2. The fourth-order valence-corrected chi connectivity index (χ4v) is 1.48. The van der Waals surface area contributed by atoms with E-state index >= 15 is 0 Å². The van der Waals surface area contributed by atoms with Crippen LogP contribution in [0.5, 0.6) is 5.75 Å². The van der Waals surface area contributed by atoms with Crippen LogP contribution in [0.2, 0.25) is 0 Å². The number of para-hydroxylation sites is 1. The Morgan fingerprint density at radius 3 is 3.06 bits per heavy atom. The number of nitrogens with zero attached hydrogens (tertiary/aromatic N) is 2. The number of aromatic nitrogens is 2. The molecule has 1 atom stereocenters. The Morgan fingerprint density at radius 1 is 1.50 bits per heavy atom. The van der Waals surface area contributed by atoms with Crippen LogP contribution in [-0.4, -0.2) is 20.4 Å². The van der Waals surface area contributed by atoms with Crippen LogP contribution in [0.3, 0.4) is 0 Å². The standard InChI is InChI=1S/C11H13N3OS/c1-7(16)12-5-8-6-13-9-3-2-4-10(15)11(9)14-8/h2-4,6-7,12,15-16H,5H2,1H3. The zero-order valence-electron chi connectivity index (χ0n) is 8.88. The summed E-state index contributed by atoms with van der Waals surface area (Å²) in [6, 6.07) is 5.18. The van der Waals surface area contributed by atoms with Crippen LogP contribution in [0, 0.1) is 0 Å². The lowest BCUT2D eigenvalue weighted by molar-refractivity contribution is 0.480. The van der Waals surface area contributed by atoms with Crippen LogP contribution in [0.25, 0.3) is 11.0 Å². The molecule has 5 heteroatoms. The van der Waals surface area contributed by atoms with Crippen molar-refractivity contribution in [2.75, 3.05) is 0 Å². The van der Waals surface area contributed by atoms with Gasteiger partial charge < -0.3 is 10.4 Å². The van der Waals surface area contributed by atoms with Gasteiger partial charge in [0, 0.05) is 11.9 Å². The van der Waals surface area contributed by atoms with E-state index in [1.165, 1.54) is 0 Å². The maximum atomic E-state index is 9.64. The van der Waals surface area contributed by atoms with Crippen LogP contribution in [0.15, 0.2) is 24.4 Å². The summed E-state index contributed by atoms with van der Waals surface area (Å²) in [5.41, 5.74) is 2.02. The third-order valence-corrected chi connectivity index (χ3v) is 2.36. The zero-order chi connectivity index (χ0) is 11.5. The Labute approximate surface area is 99.1 Å². The number of phenols is 1. The molecule has 0 bridgehead atoms. The van der Waals surface area contributed by atoms with Crippen molar-refractivity contribution in [2.45, 2.75) is 18.8 Å². The minimum absolute atomic E-state index is 0.0990. The predicted molar refractivity (Wildman–Crippen MR) is 66.5 cm³/mol. The second kappa shape index (κ2) is 4.67. The van der Waals surface area contributed by atoms with E-state index in [4.69, 9.17) is 0 Å². The Kier molecular flexibility index (Phi) is 3.26. The molecule has 2 aromatic rings. The second-order valence-corrected chi connectivity index (χ2v) is 4.34. The fourth-order valence-electron chi connectivity index (χ4n) is 1.39. The van der Waals surface area contributed by atoms with Crippen molar-refractivity contribution in [3.8, 4) is 5.75 Å². The number of benzene rings is 1. The molecule has 0 aliphatic carbocycles. The normalized spacial score (nSPS) is 12.9. The molecule has 0 aliphatic rings. The van der Waals surface area contributed by atoms with E-state index in [2.05, 4.69) is 27.9 Å². The summed E-state index contributed by atoms with van der Waals surface area (Å²) >= 11 is 4.21.